The lowest BCUT2D eigenvalue weighted by atomic mass is 10.1. The average Bonchev–Trinajstić information content (AvgIpc) is 2.71. The Balaban J connectivity index is 1.73. The fourth-order valence-corrected chi connectivity index (χ4v) is 2.52. The lowest BCUT2D eigenvalue weighted by molar-refractivity contribution is -0.118. The molecule has 30 heavy (non-hydrogen) atoms. The van der Waals surface area contributed by atoms with Crippen LogP contribution in [0.2, 0.25) is 0 Å². The van der Waals surface area contributed by atoms with Crippen LogP contribution < -0.4 is 19.6 Å². The summed E-state index contributed by atoms with van der Waals surface area (Å²) in [7, 11) is 0. The van der Waals surface area contributed by atoms with Crippen molar-refractivity contribution < 1.29 is 23.7 Å². The molecule has 0 spiro atoms. The first-order chi connectivity index (χ1) is 14.5. The second-order valence-electron chi connectivity index (χ2n) is 6.62. The van der Waals surface area contributed by atoms with E-state index in [1.54, 1.807) is 6.21 Å². The van der Waals surface area contributed by atoms with Gasteiger partial charge in [0.25, 0.3) is 0 Å². The van der Waals surface area contributed by atoms with Crippen molar-refractivity contribution >= 4 is 12.1 Å². The molecule has 0 radical (unpaired) electrons. The number of hydrogen-bond acceptors (Lipinski definition) is 6. The Bertz CT molecular complexity index is 851. The van der Waals surface area contributed by atoms with E-state index in [1.807, 2.05) is 43.3 Å². The molecule has 0 saturated carbocycles. The Hall–Kier alpha value is -3.06. The summed E-state index contributed by atoms with van der Waals surface area (Å²) in [5.41, 5.74) is 5.61. The number of ether oxygens (including phenoxy) is 4. The first kappa shape index (κ1) is 23.2. The molecule has 1 N–H and O–H groups in total. The SMILES string of the molecule is CCOc1cc(/C=N\NC(C)=O)ccc1OCCOCCOc1ccc(C)c(C)c1. The molecule has 0 aliphatic rings. The van der Waals surface area contributed by atoms with Gasteiger partial charge in [0.2, 0.25) is 5.91 Å². The highest BCUT2D eigenvalue weighted by Crippen LogP contribution is 2.28. The van der Waals surface area contributed by atoms with Crippen molar-refractivity contribution in [3.63, 3.8) is 0 Å². The van der Waals surface area contributed by atoms with Crippen LogP contribution in [-0.2, 0) is 9.53 Å². The Morgan fingerprint density at radius 1 is 0.933 bits per heavy atom. The van der Waals surface area contributed by atoms with E-state index in [-0.39, 0.29) is 5.91 Å². The van der Waals surface area contributed by atoms with E-state index in [4.69, 9.17) is 18.9 Å². The number of aryl methyl sites for hydroxylation is 2. The summed E-state index contributed by atoms with van der Waals surface area (Å²) >= 11 is 0. The summed E-state index contributed by atoms with van der Waals surface area (Å²) in [6.07, 6.45) is 1.55. The van der Waals surface area contributed by atoms with Gasteiger partial charge in [-0.05, 0) is 67.8 Å². The van der Waals surface area contributed by atoms with Crippen LogP contribution in [0.25, 0.3) is 0 Å². The summed E-state index contributed by atoms with van der Waals surface area (Å²) in [4.78, 5) is 10.9. The molecule has 0 aromatic heterocycles. The molecule has 7 heteroatoms. The molecule has 0 fully saturated rings. The van der Waals surface area contributed by atoms with Gasteiger partial charge in [0.15, 0.2) is 11.5 Å². The molecule has 0 heterocycles. The molecule has 7 nitrogen and oxygen atoms in total. The molecular formula is C23H30N2O5. The van der Waals surface area contributed by atoms with Gasteiger partial charge in [-0.3, -0.25) is 4.79 Å². The van der Waals surface area contributed by atoms with E-state index >= 15 is 0 Å². The van der Waals surface area contributed by atoms with E-state index in [1.165, 1.54) is 18.1 Å². The summed E-state index contributed by atoms with van der Waals surface area (Å²) in [5, 5.41) is 3.85. The smallest absolute Gasteiger partial charge is 0.236 e. The van der Waals surface area contributed by atoms with Gasteiger partial charge in [-0.25, -0.2) is 5.43 Å². The third-order valence-corrected chi connectivity index (χ3v) is 4.16. The molecule has 0 unspecified atom stereocenters. The molecule has 0 atom stereocenters. The quantitative estimate of drug-likeness (QED) is 0.326. The molecule has 0 aliphatic heterocycles. The van der Waals surface area contributed by atoms with Crippen molar-refractivity contribution in [2.24, 2.45) is 5.10 Å². The number of amides is 1. The zero-order chi connectivity index (χ0) is 21.8. The summed E-state index contributed by atoms with van der Waals surface area (Å²) < 4.78 is 22.7. The molecule has 2 aromatic carbocycles. The van der Waals surface area contributed by atoms with E-state index < -0.39 is 0 Å². The first-order valence-electron chi connectivity index (χ1n) is 9.96. The number of rotatable bonds is 12. The first-order valence-corrected chi connectivity index (χ1v) is 9.96. The second kappa shape index (κ2) is 12.5. The number of hydrazone groups is 1. The second-order valence-corrected chi connectivity index (χ2v) is 6.62. The van der Waals surface area contributed by atoms with Crippen molar-refractivity contribution in [2.75, 3.05) is 33.0 Å². The van der Waals surface area contributed by atoms with Gasteiger partial charge >= 0.3 is 0 Å². The van der Waals surface area contributed by atoms with E-state index in [9.17, 15) is 4.79 Å². The number of carbonyl (C=O) groups excluding carboxylic acids is 1. The summed E-state index contributed by atoms with van der Waals surface area (Å²) in [6.45, 7) is 9.74. The normalized spacial score (nSPS) is 10.8. The lowest BCUT2D eigenvalue weighted by Crippen LogP contribution is -2.13. The minimum Gasteiger partial charge on any atom is -0.491 e. The van der Waals surface area contributed by atoms with Gasteiger partial charge in [0.05, 0.1) is 26.0 Å². The van der Waals surface area contributed by atoms with E-state index in [0.717, 1.165) is 11.3 Å². The van der Waals surface area contributed by atoms with Gasteiger partial charge in [-0.15, -0.1) is 0 Å². The predicted molar refractivity (Wildman–Crippen MR) is 117 cm³/mol. The van der Waals surface area contributed by atoms with Crippen molar-refractivity contribution in [1.82, 2.24) is 5.43 Å². The van der Waals surface area contributed by atoms with E-state index in [0.29, 0.717) is 44.5 Å². The van der Waals surface area contributed by atoms with Gasteiger partial charge in [-0.1, -0.05) is 6.07 Å². The highest BCUT2D eigenvalue weighted by atomic mass is 16.6. The van der Waals surface area contributed by atoms with Crippen LogP contribution in [0.3, 0.4) is 0 Å². The Kier molecular flexibility index (Phi) is 9.67. The van der Waals surface area contributed by atoms with Crippen LogP contribution in [0.1, 0.15) is 30.5 Å². The molecule has 162 valence electrons. The van der Waals surface area contributed by atoms with Crippen LogP contribution in [0, 0.1) is 13.8 Å². The third-order valence-electron chi connectivity index (χ3n) is 4.16. The highest BCUT2D eigenvalue weighted by molar-refractivity contribution is 5.82. The summed E-state index contributed by atoms with van der Waals surface area (Å²) in [6, 6.07) is 11.5. The average molecular weight is 415 g/mol. The highest BCUT2D eigenvalue weighted by Gasteiger charge is 2.06. The number of nitrogens with zero attached hydrogens (tertiary/aromatic N) is 1. The minimum atomic E-state index is -0.226. The fraction of sp³-hybridized carbons (Fsp3) is 0.391. The maximum Gasteiger partial charge on any atom is 0.236 e. The number of benzene rings is 2. The van der Waals surface area contributed by atoms with Crippen molar-refractivity contribution in [3.05, 3.63) is 53.1 Å². The van der Waals surface area contributed by atoms with Gasteiger partial charge in [-0.2, -0.15) is 5.10 Å². The van der Waals surface area contributed by atoms with Gasteiger partial charge in [0.1, 0.15) is 19.0 Å². The number of carbonyl (C=O) groups is 1. The largest absolute Gasteiger partial charge is 0.491 e. The van der Waals surface area contributed by atoms with Crippen LogP contribution in [0.5, 0.6) is 17.2 Å². The zero-order valence-electron chi connectivity index (χ0n) is 18.1. The fourth-order valence-electron chi connectivity index (χ4n) is 2.52. The standard InChI is InChI=1S/C23H30N2O5/c1-5-28-23-15-20(16-24-25-19(4)26)7-9-22(23)30-13-11-27-10-12-29-21-8-6-17(2)18(3)14-21/h6-9,14-16H,5,10-13H2,1-4H3,(H,25,26)/b24-16-. The van der Waals surface area contributed by atoms with Gasteiger partial charge < -0.3 is 18.9 Å². The van der Waals surface area contributed by atoms with Crippen LogP contribution in [0.4, 0.5) is 0 Å². The molecular weight excluding hydrogens is 384 g/mol. The van der Waals surface area contributed by atoms with Crippen molar-refractivity contribution in [1.29, 1.82) is 0 Å². The van der Waals surface area contributed by atoms with Crippen LogP contribution in [-0.4, -0.2) is 45.2 Å². The Morgan fingerprint density at radius 2 is 1.70 bits per heavy atom. The molecule has 2 aromatic rings. The Morgan fingerprint density at radius 3 is 2.40 bits per heavy atom. The van der Waals surface area contributed by atoms with Crippen molar-refractivity contribution in [2.45, 2.75) is 27.7 Å². The third kappa shape index (κ3) is 8.13. The summed E-state index contributed by atoms with van der Waals surface area (Å²) in [5.74, 6) is 1.86. The minimum absolute atomic E-state index is 0.226. The van der Waals surface area contributed by atoms with Gasteiger partial charge in [0, 0.05) is 6.92 Å². The van der Waals surface area contributed by atoms with Crippen molar-refractivity contribution in [3.8, 4) is 17.2 Å². The zero-order valence-corrected chi connectivity index (χ0v) is 18.1. The monoisotopic (exact) mass is 414 g/mol. The molecule has 1 amide bonds. The topological polar surface area (TPSA) is 78.4 Å². The maximum atomic E-state index is 10.9. The van der Waals surface area contributed by atoms with Crippen LogP contribution in [0.15, 0.2) is 41.5 Å². The molecule has 2 rings (SSSR count). The Labute approximate surface area is 178 Å². The lowest BCUT2D eigenvalue weighted by Gasteiger charge is -2.13. The van der Waals surface area contributed by atoms with E-state index in [2.05, 4.69) is 24.4 Å². The number of hydrogen-bond donors (Lipinski definition) is 1. The molecule has 0 aliphatic carbocycles. The van der Waals surface area contributed by atoms with Crippen LogP contribution >= 0.6 is 0 Å². The molecule has 0 bridgehead atoms. The predicted octanol–water partition coefficient (Wildman–Crippen LogP) is 3.65. The maximum absolute atomic E-state index is 10.9. The molecule has 0 saturated heterocycles. The number of nitrogens with one attached hydrogen (secondary N) is 1.